The minimum Gasteiger partial charge on any atom is -0.368 e. The van der Waals surface area contributed by atoms with Gasteiger partial charge in [-0.1, -0.05) is 25.2 Å². The Morgan fingerprint density at radius 1 is 1.29 bits per heavy atom. The Balaban J connectivity index is 1.65. The quantitative estimate of drug-likeness (QED) is 0.364. The first kappa shape index (κ1) is 23.9. The molecule has 0 bridgehead atoms. The first-order chi connectivity index (χ1) is 14.8. The lowest BCUT2D eigenvalue weighted by atomic mass is 10.0. The Labute approximate surface area is 181 Å². The van der Waals surface area contributed by atoms with Crippen molar-refractivity contribution >= 4 is 11.8 Å². The zero-order valence-corrected chi connectivity index (χ0v) is 17.7. The van der Waals surface area contributed by atoms with Crippen molar-refractivity contribution in [2.75, 3.05) is 19.2 Å². The monoisotopic (exact) mass is 462 g/mol. The fourth-order valence-corrected chi connectivity index (χ4v) is 4.84. The lowest BCUT2D eigenvalue weighted by Gasteiger charge is -2.22. The zero-order chi connectivity index (χ0) is 22.4. The fourth-order valence-electron chi connectivity index (χ4n) is 3.79. The molecule has 2 aliphatic rings. The fraction of sp³-hybridized carbons (Fsp3) is 0.700. The number of aromatic amines is 1. The van der Waals surface area contributed by atoms with Crippen LogP contribution in [0.5, 0.6) is 0 Å². The number of hydrogen-bond donors (Lipinski definition) is 1. The van der Waals surface area contributed by atoms with E-state index < -0.39 is 41.4 Å². The number of terminal acetylenes is 1. The van der Waals surface area contributed by atoms with Gasteiger partial charge in [0, 0.05) is 17.9 Å². The summed E-state index contributed by atoms with van der Waals surface area (Å²) in [5, 5.41) is 0.569. The van der Waals surface area contributed by atoms with Crippen molar-refractivity contribution in [3.8, 4) is 12.3 Å². The van der Waals surface area contributed by atoms with E-state index in [1.54, 1.807) is 16.7 Å². The van der Waals surface area contributed by atoms with Gasteiger partial charge in [0.1, 0.15) is 24.5 Å². The molecule has 1 aromatic heterocycles. The van der Waals surface area contributed by atoms with Crippen LogP contribution in [0.2, 0.25) is 0 Å². The number of thioether (sulfide) groups is 1. The molecule has 172 valence electrons. The third kappa shape index (κ3) is 6.38. The molecule has 1 saturated heterocycles. The standard InChI is InChI=1S/C20H25F3N2O5S/c1-2-8-29-15-9-17(25-10-14(20(21,22)23)18(26)24-19(25)27)30-16(15)11-28-12-31-13-6-4-3-5-7-13/h1,10,13,15-17H,3-9,11-12H2,(H,24,26,27)/t15-,16+,17+/m0/s1. The molecule has 1 N–H and O–H groups in total. The number of H-pyrrole nitrogens is 1. The Bertz CT molecular complexity index is 889. The Morgan fingerprint density at radius 2 is 2.03 bits per heavy atom. The van der Waals surface area contributed by atoms with Gasteiger partial charge in [-0.2, -0.15) is 13.2 Å². The van der Waals surface area contributed by atoms with E-state index in [1.165, 1.54) is 32.1 Å². The highest BCUT2D eigenvalue weighted by atomic mass is 32.2. The second kappa shape index (κ2) is 10.7. The molecule has 3 rings (SSSR count). The summed E-state index contributed by atoms with van der Waals surface area (Å²) in [5.74, 6) is 2.81. The summed E-state index contributed by atoms with van der Waals surface area (Å²) < 4.78 is 57.0. The SMILES string of the molecule is C#CCO[C@H]1C[C@H](n2cc(C(F)(F)F)c(=O)[nH]c2=O)O[C@@H]1COCSC1CCCCC1. The van der Waals surface area contributed by atoms with Gasteiger partial charge < -0.3 is 14.2 Å². The number of alkyl halides is 3. The van der Waals surface area contributed by atoms with Crippen LogP contribution in [-0.4, -0.2) is 46.2 Å². The summed E-state index contributed by atoms with van der Waals surface area (Å²) in [4.78, 5) is 25.3. The maximum Gasteiger partial charge on any atom is 0.423 e. The van der Waals surface area contributed by atoms with Crippen molar-refractivity contribution in [2.24, 2.45) is 0 Å². The Morgan fingerprint density at radius 3 is 2.71 bits per heavy atom. The number of ether oxygens (including phenoxy) is 3. The van der Waals surface area contributed by atoms with Gasteiger partial charge in [0.2, 0.25) is 0 Å². The highest BCUT2D eigenvalue weighted by Crippen LogP contribution is 2.33. The highest BCUT2D eigenvalue weighted by Gasteiger charge is 2.40. The van der Waals surface area contributed by atoms with Crippen LogP contribution in [0.25, 0.3) is 0 Å². The van der Waals surface area contributed by atoms with Gasteiger partial charge in [0.05, 0.1) is 18.6 Å². The highest BCUT2D eigenvalue weighted by molar-refractivity contribution is 7.99. The van der Waals surface area contributed by atoms with Gasteiger partial charge in [0.15, 0.2) is 0 Å². The molecule has 1 aliphatic heterocycles. The third-order valence-electron chi connectivity index (χ3n) is 5.37. The summed E-state index contributed by atoms with van der Waals surface area (Å²) in [7, 11) is 0. The van der Waals surface area contributed by atoms with E-state index in [0.717, 1.165) is 4.57 Å². The van der Waals surface area contributed by atoms with Gasteiger partial charge in [-0.3, -0.25) is 14.3 Å². The smallest absolute Gasteiger partial charge is 0.368 e. The molecule has 7 nitrogen and oxygen atoms in total. The van der Waals surface area contributed by atoms with Gasteiger partial charge in [-0.05, 0) is 12.8 Å². The van der Waals surface area contributed by atoms with Crippen LogP contribution in [0.4, 0.5) is 13.2 Å². The molecule has 0 radical (unpaired) electrons. The topological polar surface area (TPSA) is 82.6 Å². The molecular weight excluding hydrogens is 437 g/mol. The molecule has 11 heteroatoms. The molecule has 1 aliphatic carbocycles. The predicted molar refractivity (Wildman–Crippen MR) is 109 cm³/mol. The molecule has 1 aromatic rings. The molecule has 31 heavy (non-hydrogen) atoms. The Kier molecular flexibility index (Phi) is 8.27. The average Bonchev–Trinajstić information content (AvgIpc) is 3.12. The van der Waals surface area contributed by atoms with Crippen molar-refractivity contribution in [2.45, 2.75) is 68.4 Å². The van der Waals surface area contributed by atoms with Gasteiger partial charge in [0.25, 0.3) is 5.56 Å². The van der Waals surface area contributed by atoms with Crippen LogP contribution < -0.4 is 11.2 Å². The second-order valence-corrected chi connectivity index (χ2v) is 8.78. The molecule has 1 saturated carbocycles. The predicted octanol–water partition coefficient (Wildman–Crippen LogP) is 2.90. The van der Waals surface area contributed by atoms with Gasteiger partial charge >= 0.3 is 11.9 Å². The van der Waals surface area contributed by atoms with Crippen molar-refractivity contribution in [1.82, 2.24) is 9.55 Å². The van der Waals surface area contributed by atoms with Crippen LogP contribution in [0.3, 0.4) is 0 Å². The van der Waals surface area contributed by atoms with E-state index in [1.807, 2.05) is 0 Å². The maximum atomic E-state index is 13.1. The van der Waals surface area contributed by atoms with Crippen LogP contribution in [-0.2, 0) is 20.4 Å². The van der Waals surface area contributed by atoms with Gasteiger partial charge in [-0.15, -0.1) is 18.2 Å². The van der Waals surface area contributed by atoms with Gasteiger partial charge in [-0.25, -0.2) is 4.79 Å². The number of rotatable bonds is 8. The van der Waals surface area contributed by atoms with Crippen LogP contribution in [0, 0.1) is 12.3 Å². The number of hydrogen-bond acceptors (Lipinski definition) is 6. The summed E-state index contributed by atoms with van der Waals surface area (Å²) in [6.07, 6.45) is 4.73. The summed E-state index contributed by atoms with van der Waals surface area (Å²) in [5.41, 5.74) is -3.96. The van der Waals surface area contributed by atoms with E-state index in [-0.39, 0.29) is 19.6 Å². The van der Waals surface area contributed by atoms with Crippen molar-refractivity contribution in [3.63, 3.8) is 0 Å². The maximum absolute atomic E-state index is 13.1. The Hall–Kier alpha value is -1.74. The van der Waals surface area contributed by atoms with E-state index in [2.05, 4.69) is 5.92 Å². The lowest BCUT2D eigenvalue weighted by molar-refractivity contribution is -0.139. The number of nitrogens with zero attached hydrogens (tertiary/aromatic N) is 1. The largest absolute Gasteiger partial charge is 0.423 e. The first-order valence-electron chi connectivity index (χ1n) is 10.1. The lowest BCUT2D eigenvalue weighted by Crippen LogP contribution is -2.36. The third-order valence-corrected chi connectivity index (χ3v) is 6.61. The minimum atomic E-state index is -4.90. The number of aromatic nitrogens is 2. The molecule has 0 spiro atoms. The van der Waals surface area contributed by atoms with E-state index in [0.29, 0.717) is 17.4 Å². The zero-order valence-electron chi connectivity index (χ0n) is 16.9. The summed E-state index contributed by atoms with van der Waals surface area (Å²) in [6, 6.07) is 0. The minimum absolute atomic E-state index is 0.0115. The summed E-state index contributed by atoms with van der Waals surface area (Å²) >= 11 is 1.73. The van der Waals surface area contributed by atoms with Crippen LogP contribution >= 0.6 is 11.8 Å². The van der Waals surface area contributed by atoms with Crippen molar-refractivity contribution in [3.05, 3.63) is 32.6 Å². The summed E-state index contributed by atoms with van der Waals surface area (Å²) in [6.45, 7) is 0.137. The van der Waals surface area contributed by atoms with Crippen molar-refractivity contribution in [1.29, 1.82) is 0 Å². The molecule has 0 aromatic carbocycles. The van der Waals surface area contributed by atoms with Crippen LogP contribution in [0.1, 0.15) is 50.3 Å². The molecular formula is C20H25F3N2O5S. The molecule has 2 fully saturated rings. The number of nitrogens with one attached hydrogen (secondary N) is 1. The molecule has 0 unspecified atom stereocenters. The average molecular weight is 462 g/mol. The second-order valence-electron chi connectivity index (χ2n) is 7.54. The van der Waals surface area contributed by atoms with E-state index >= 15 is 0 Å². The van der Waals surface area contributed by atoms with E-state index in [4.69, 9.17) is 20.6 Å². The molecule has 0 amide bonds. The van der Waals surface area contributed by atoms with Crippen molar-refractivity contribution < 1.29 is 27.4 Å². The first-order valence-corrected chi connectivity index (χ1v) is 11.2. The van der Waals surface area contributed by atoms with E-state index in [9.17, 15) is 22.8 Å². The molecule has 3 atom stereocenters. The number of halogens is 3. The van der Waals surface area contributed by atoms with Crippen LogP contribution in [0.15, 0.2) is 15.8 Å². The molecule has 2 heterocycles. The normalized spacial score (nSPS) is 24.9.